The Hall–Kier alpha value is 0.430. The lowest BCUT2D eigenvalue weighted by molar-refractivity contribution is 0.333. The first-order chi connectivity index (χ1) is 4.27. The number of unbranched alkanes of at least 4 members (excludes halogenated alkanes) is 1. The second-order valence-corrected chi connectivity index (χ2v) is 4.54. The van der Waals surface area contributed by atoms with Gasteiger partial charge >= 0.3 is 0 Å². The van der Waals surface area contributed by atoms with Gasteiger partial charge in [0.2, 0.25) is 0 Å². The summed E-state index contributed by atoms with van der Waals surface area (Å²) in [4.78, 5) is 0. The summed E-state index contributed by atoms with van der Waals surface area (Å²) in [6, 6.07) is 0. The maximum absolute atomic E-state index is 3.03. The van der Waals surface area contributed by atoms with E-state index in [0.717, 1.165) is 0 Å². The van der Waals surface area contributed by atoms with Gasteiger partial charge in [0.25, 0.3) is 0 Å². The van der Waals surface area contributed by atoms with Crippen LogP contribution in [0.3, 0.4) is 0 Å². The van der Waals surface area contributed by atoms with E-state index in [9.17, 15) is 0 Å². The molecule has 0 spiro atoms. The van der Waals surface area contributed by atoms with Gasteiger partial charge in [-0.05, 0) is 24.4 Å². The van der Waals surface area contributed by atoms with Crippen molar-refractivity contribution in [3.8, 4) is 0 Å². The van der Waals surface area contributed by atoms with Crippen LogP contribution in [0.15, 0.2) is 0 Å². The highest BCUT2D eigenvalue weighted by Gasteiger charge is 2.30. The average molecular weight is 144 g/mol. The molecule has 1 aliphatic rings. The topological polar surface area (TPSA) is 0 Å². The van der Waals surface area contributed by atoms with Gasteiger partial charge in [-0.3, -0.25) is 0 Å². The Bertz CT molecular complexity index is 84.6. The highest BCUT2D eigenvalue weighted by atomic mass is 31.0. The van der Waals surface area contributed by atoms with Crippen molar-refractivity contribution < 1.29 is 0 Å². The zero-order chi connectivity index (χ0) is 6.74. The van der Waals surface area contributed by atoms with E-state index in [0.29, 0.717) is 5.16 Å². The smallest absolute Gasteiger partial charge is 0.0150 e. The molecule has 54 valence electrons. The molecule has 1 heteroatoms. The van der Waals surface area contributed by atoms with Crippen LogP contribution in [0.4, 0.5) is 0 Å². The van der Waals surface area contributed by atoms with Crippen LogP contribution in [-0.4, -0.2) is 5.16 Å². The molecule has 1 atom stereocenters. The maximum Gasteiger partial charge on any atom is -0.0150 e. The monoisotopic (exact) mass is 144 g/mol. The lowest BCUT2D eigenvalue weighted by atomic mass is 9.80. The molecule has 0 bridgehead atoms. The molecule has 0 aromatic rings. The van der Waals surface area contributed by atoms with Crippen LogP contribution in [0.1, 0.15) is 45.4 Å². The Labute approximate surface area is 60.6 Å². The third-order valence-electron chi connectivity index (χ3n) is 2.38. The molecule has 0 radical (unpaired) electrons. The van der Waals surface area contributed by atoms with Gasteiger partial charge in [-0.1, -0.05) is 26.2 Å². The molecule has 1 aliphatic carbocycles. The second-order valence-electron chi connectivity index (χ2n) is 3.32. The summed E-state index contributed by atoms with van der Waals surface area (Å²) >= 11 is 0. The minimum absolute atomic E-state index is 0.690. The normalized spacial score (nSPS) is 23.3. The van der Waals surface area contributed by atoms with Gasteiger partial charge in [-0.15, -0.1) is 9.24 Å². The summed E-state index contributed by atoms with van der Waals surface area (Å²) in [7, 11) is 3.03. The van der Waals surface area contributed by atoms with Gasteiger partial charge in [0.1, 0.15) is 0 Å². The molecule has 0 saturated heterocycles. The Morgan fingerprint density at radius 1 is 1.44 bits per heavy atom. The number of hydrogen-bond acceptors (Lipinski definition) is 0. The van der Waals surface area contributed by atoms with E-state index in [1.54, 1.807) is 0 Å². The fourth-order valence-corrected chi connectivity index (χ4v) is 2.02. The van der Waals surface area contributed by atoms with Crippen molar-refractivity contribution in [1.29, 1.82) is 0 Å². The van der Waals surface area contributed by atoms with E-state index in [1.165, 1.54) is 38.5 Å². The molecular formula is C8H17P. The molecule has 9 heavy (non-hydrogen) atoms. The molecule has 0 aliphatic heterocycles. The van der Waals surface area contributed by atoms with Crippen LogP contribution in [0.2, 0.25) is 0 Å². The van der Waals surface area contributed by atoms with Crippen molar-refractivity contribution in [2.75, 3.05) is 0 Å². The first-order valence-electron chi connectivity index (χ1n) is 4.06. The van der Waals surface area contributed by atoms with Gasteiger partial charge in [0, 0.05) is 0 Å². The molecule has 1 rings (SSSR count). The van der Waals surface area contributed by atoms with Crippen molar-refractivity contribution in [2.45, 2.75) is 50.6 Å². The van der Waals surface area contributed by atoms with Crippen molar-refractivity contribution in [3.63, 3.8) is 0 Å². The van der Waals surface area contributed by atoms with E-state index in [-0.39, 0.29) is 0 Å². The maximum atomic E-state index is 3.03. The molecule has 0 amide bonds. The Morgan fingerprint density at radius 2 is 2.11 bits per heavy atom. The highest BCUT2D eigenvalue weighted by molar-refractivity contribution is 7.19. The second kappa shape index (κ2) is 3.01. The molecule has 0 N–H and O–H groups in total. The zero-order valence-electron chi connectivity index (χ0n) is 6.32. The molecule has 1 saturated carbocycles. The number of rotatable bonds is 3. The first-order valence-corrected chi connectivity index (χ1v) is 4.63. The lowest BCUT2D eigenvalue weighted by Gasteiger charge is -2.38. The van der Waals surface area contributed by atoms with Crippen molar-refractivity contribution >= 4 is 9.24 Å². The Balaban J connectivity index is 2.09. The van der Waals surface area contributed by atoms with Gasteiger partial charge in [0.15, 0.2) is 0 Å². The first kappa shape index (κ1) is 7.54. The Kier molecular flexibility index (Phi) is 2.52. The molecule has 0 aromatic heterocycles. The van der Waals surface area contributed by atoms with Crippen molar-refractivity contribution in [1.82, 2.24) is 0 Å². The quantitative estimate of drug-likeness (QED) is 0.534. The molecule has 0 aromatic carbocycles. The summed E-state index contributed by atoms with van der Waals surface area (Å²) in [5.41, 5.74) is 0. The average Bonchev–Trinajstić information content (AvgIpc) is 1.79. The van der Waals surface area contributed by atoms with E-state index in [4.69, 9.17) is 0 Å². The molecule has 1 unspecified atom stereocenters. The fraction of sp³-hybridized carbons (Fsp3) is 1.00. The minimum Gasteiger partial charge on any atom is -0.131 e. The standard InChI is InChI=1S/C8H17P/c1-2-3-5-8(9)6-4-7-8/h2-7,9H2,1H3. The summed E-state index contributed by atoms with van der Waals surface area (Å²) in [6.07, 6.45) is 8.59. The van der Waals surface area contributed by atoms with Gasteiger partial charge in [-0.25, -0.2) is 0 Å². The van der Waals surface area contributed by atoms with E-state index < -0.39 is 0 Å². The van der Waals surface area contributed by atoms with E-state index >= 15 is 0 Å². The van der Waals surface area contributed by atoms with Gasteiger partial charge in [0.05, 0.1) is 0 Å². The van der Waals surface area contributed by atoms with Crippen molar-refractivity contribution in [2.24, 2.45) is 0 Å². The largest absolute Gasteiger partial charge is 0.131 e. The summed E-state index contributed by atoms with van der Waals surface area (Å²) in [5, 5.41) is 0.690. The van der Waals surface area contributed by atoms with Crippen LogP contribution in [-0.2, 0) is 0 Å². The summed E-state index contributed by atoms with van der Waals surface area (Å²) in [6.45, 7) is 2.27. The number of hydrogen-bond donors (Lipinski definition) is 0. The third kappa shape index (κ3) is 1.93. The minimum atomic E-state index is 0.690. The predicted molar refractivity (Wildman–Crippen MR) is 45.8 cm³/mol. The van der Waals surface area contributed by atoms with E-state index in [2.05, 4.69) is 16.2 Å². The van der Waals surface area contributed by atoms with Crippen LogP contribution in [0.5, 0.6) is 0 Å². The Morgan fingerprint density at radius 3 is 2.44 bits per heavy atom. The molecule has 0 nitrogen and oxygen atoms in total. The molecule has 0 heterocycles. The van der Waals surface area contributed by atoms with E-state index in [1.807, 2.05) is 0 Å². The fourth-order valence-electron chi connectivity index (χ4n) is 1.41. The van der Waals surface area contributed by atoms with Crippen LogP contribution >= 0.6 is 9.24 Å². The van der Waals surface area contributed by atoms with Gasteiger partial charge in [-0.2, -0.15) is 0 Å². The van der Waals surface area contributed by atoms with Crippen LogP contribution in [0.25, 0.3) is 0 Å². The summed E-state index contributed by atoms with van der Waals surface area (Å²) < 4.78 is 0. The van der Waals surface area contributed by atoms with Crippen molar-refractivity contribution in [3.05, 3.63) is 0 Å². The summed E-state index contributed by atoms with van der Waals surface area (Å²) in [5.74, 6) is 0. The predicted octanol–water partition coefficient (Wildman–Crippen LogP) is 2.97. The zero-order valence-corrected chi connectivity index (χ0v) is 7.47. The SMILES string of the molecule is CCCCC1(P)CCC1. The van der Waals surface area contributed by atoms with Crippen LogP contribution in [0, 0.1) is 0 Å². The molecular weight excluding hydrogens is 127 g/mol. The third-order valence-corrected chi connectivity index (χ3v) is 3.24. The van der Waals surface area contributed by atoms with Gasteiger partial charge < -0.3 is 0 Å². The lowest BCUT2D eigenvalue weighted by Crippen LogP contribution is -2.29. The van der Waals surface area contributed by atoms with Crippen LogP contribution < -0.4 is 0 Å². The highest BCUT2D eigenvalue weighted by Crippen LogP contribution is 2.43. The molecule has 1 fully saturated rings.